The molecule has 1 amide bonds. The Morgan fingerprint density at radius 1 is 1.27 bits per heavy atom. The van der Waals surface area contributed by atoms with Crippen LogP contribution in [0.3, 0.4) is 0 Å². The van der Waals surface area contributed by atoms with Crippen LogP contribution in [0.15, 0.2) is 35.7 Å². The van der Waals surface area contributed by atoms with E-state index >= 15 is 0 Å². The van der Waals surface area contributed by atoms with Gasteiger partial charge in [-0.15, -0.1) is 11.3 Å². The van der Waals surface area contributed by atoms with E-state index in [0.717, 1.165) is 44.1 Å². The summed E-state index contributed by atoms with van der Waals surface area (Å²) in [5, 5.41) is 5.55. The molecule has 1 fully saturated rings. The Labute approximate surface area is 133 Å². The molecule has 0 unspecified atom stereocenters. The van der Waals surface area contributed by atoms with Gasteiger partial charge in [-0.05, 0) is 5.56 Å². The van der Waals surface area contributed by atoms with Crippen molar-refractivity contribution in [3.05, 3.63) is 47.0 Å². The molecule has 0 saturated carbocycles. The van der Waals surface area contributed by atoms with E-state index in [0.29, 0.717) is 11.6 Å². The van der Waals surface area contributed by atoms with Gasteiger partial charge in [0.2, 0.25) is 5.91 Å². The molecule has 0 aliphatic carbocycles. The van der Waals surface area contributed by atoms with Crippen LogP contribution in [0, 0.1) is 0 Å². The van der Waals surface area contributed by atoms with E-state index < -0.39 is 0 Å². The Bertz CT molecular complexity index is 609. The summed E-state index contributed by atoms with van der Waals surface area (Å²) < 4.78 is 5.34. The second-order valence-corrected chi connectivity index (χ2v) is 6.10. The highest BCUT2D eigenvalue weighted by Crippen LogP contribution is 2.17. The zero-order valence-electron chi connectivity index (χ0n) is 12.3. The fourth-order valence-corrected chi connectivity index (χ4v) is 3.09. The number of hydrogen-bond donors (Lipinski definition) is 1. The Balaban J connectivity index is 1.51. The smallest absolute Gasteiger partial charge is 0.230 e. The van der Waals surface area contributed by atoms with Crippen LogP contribution in [0.25, 0.3) is 0 Å². The van der Waals surface area contributed by atoms with Gasteiger partial charge < -0.3 is 10.1 Å². The van der Waals surface area contributed by atoms with Gasteiger partial charge in [-0.3, -0.25) is 9.69 Å². The Hall–Kier alpha value is -1.76. The number of carbonyl (C=O) groups is 1. The number of anilines is 1. The molecule has 116 valence electrons. The van der Waals surface area contributed by atoms with Crippen molar-refractivity contribution >= 4 is 22.4 Å². The van der Waals surface area contributed by atoms with Crippen molar-refractivity contribution in [1.29, 1.82) is 0 Å². The van der Waals surface area contributed by atoms with Crippen LogP contribution in [-0.4, -0.2) is 42.1 Å². The Morgan fingerprint density at radius 2 is 2.05 bits per heavy atom. The molecular formula is C16H19N3O2S. The third-order valence-corrected chi connectivity index (χ3v) is 4.30. The first-order valence-electron chi connectivity index (χ1n) is 7.38. The minimum atomic E-state index is -0.0292. The van der Waals surface area contributed by atoms with Crippen molar-refractivity contribution in [2.24, 2.45) is 0 Å². The van der Waals surface area contributed by atoms with Gasteiger partial charge in [-0.2, -0.15) is 0 Å². The highest BCUT2D eigenvalue weighted by molar-refractivity contribution is 7.13. The molecule has 22 heavy (non-hydrogen) atoms. The zero-order valence-corrected chi connectivity index (χ0v) is 13.1. The van der Waals surface area contributed by atoms with Crippen molar-refractivity contribution in [3.8, 4) is 0 Å². The first-order valence-corrected chi connectivity index (χ1v) is 8.26. The van der Waals surface area contributed by atoms with Crippen molar-refractivity contribution < 1.29 is 9.53 Å². The summed E-state index contributed by atoms with van der Waals surface area (Å²) in [6.45, 7) is 4.25. The predicted octanol–water partition coefficient (Wildman–Crippen LogP) is 2.16. The zero-order chi connectivity index (χ0) is 15.2. The standard InChI is InChI=1S/C16H19N3O2S/c20-15(10-13-4-2-1-3-5-13)18-16-17-14(12-22-16)11-19-6-8-21-9-7-19/h1-5,12H,6-11H2,(H,17,18,20). The lowest BCUT2D eigenvalue weighted by Crippen LogP contribution is -2.35. The molecule has 0 spiro atoms. The monoisotopic (exact) mass is 317 g/mol. The summed E-state index contributed by atoms with van der Waals surface area (Å²) in [4.78, 5) is 18.8. The number of nitrogens with zero attached hydrogens (tertiary/aromatic N) is 2. The van der Waals surface area contributed by atoms with Crippen LogP contribution in [0.2, 0.25) is 0 Å². The predicted molar refractivity (Wildman–Crippen MR) is 87.0 cm³/mol. The van der Waals surface area contributed by atoms with E-state index in [9.17, 15) is 4.79 Å². The van der Waals surface area contributed by atoms with Gasteiger partial charge in [0.1, 0.15) is 0 Å². The van der Waals surface area contributed by atoms with E-state index in [1.807, 2.05) is 35.7 Å². The molecule has 1 aliphatic rings. The minimum Gasteiger partial charge on any atom is -0.379 e. The lowest BCUT2D eigenvalue weighted by molar-refractivity contribution is -0.115. The first-order chi connectivity index (χ1) is 10.8. The number of benzene rings is 1. The minimum absolute atomic E-state index is 0.0292. The molecular weight excluding hydrogens is 298 g/mol. The third-order valence-electron chi connectivity index (χ3n) is 3.49. The van der Waals surface area contributed by atoms with Gasteiger partial charge in [0.15, 0.2) is 5.13 Å². The van der Waals surface area contributed by atoms with E-state index in [1.54, 1.807) is 0 Å². The number of hydrogen-bond acceptors (Lipinski definition) is 5. The van der Waals surface area contributed by atoms with E-state index in [2.05, 4.69) is 15.2 Å². The van der Waals surface area contributed by atoms with Crippen LogP contribution >= 0.6 is 11.3 Å². The topological polar surface area (TPSA) is 54.5 Å². The van der Waals surface area contributed by atoms with E-state index in [4.69, 9.17) is 4.74 Å². The number of aromatic nitrogens is 1. The summed E-state index contributed by atoms with van der Waals surface area (Å²) in [7, 11) is 0. The van der Waals surface area contributed by atoms with Gasteiger partial charge in [0.25, 0.3) is 0 Å². The van der Waals surface area contributed by atoms with Crippen molar-refractivity contribution in [3.63, 3.8) is 0 Å². The molecule has 1 aliphatic heterocycles. The quantitative estimate of drug-likeness (QED) is 0.918. The summed E-state index contributed by atoms with van der Waals surface area (Å²) in [5.74, 6) is -0.0292. The molecule has 1 N–H and O–H groups in total. The second kappa shape index (κ2) is 7.49. The average Bonchev–Trinajstić information content (AvgIpc) is 2.96. The van der Waals surface area contributed by atoms with Gasteiger partial charge in [-0.1, -0.05) is 30.3 Å². The maximum Gasteiger partial charge on any atom is 0.230 e. The third kappa shape index (κ3) is 4.37. The summed E-state index contributed by atoms with van der Waals surface area (Å²) in [6, 6.07) is 9.72. The van der Waals surface area contributed by atoms with Crippen LogP contribution in [0.1, 0.15) is 11.3 Å². The van der Waals surface area contributed by atoms with E-state index in [1.165, 1.54) is 11.3 Å². The fraction of sp³-hybridized carbons (Fsp3) is 0.375. The van der Waals surface area contributed by atoms with Gasteiger partial charge in [-0.25, -0.2) is 4.98 Å². The van der Waals surface area contributed by atoms with Crippen molar-refractivity contribution in [1.82, 2.24) is 9.88 Å². The number of thiazole rings is 1. The SMILES string of the molecule is O=C(Cc1ccccc1)Nc1nc(CN2CCOCC2)cs1. The number of nitrogens with one attached hydrogen (secondary N) is 1. The average molecular weight is 317 g/mol. The molecule has 0 bridgehead atoms. The van der Waals surface area contributed by atoms with Gasteiger partial charge in [0.05, 0.1) is 25.3 Å². The van der Waals surface area contributed by atoms with Crippen molar-refractivity contribution in [2.45, 2.75) is 13.0 Å². The highest BCUT2D eigenvalue weighted by Gasteiger charge is 2.13. The van der Waals surface area contributed by atoms with Crippen molar-refractivity contribution in [2.75, 3.05) is 31.6 Å². The molecule has 1 saturated heterocycles. The lowest BCUT2D eigenvalue weighted by Gasteiger charge is -2.25. The Kier molecular flexibility index (Phi) is 5.15. The second-order valence-electron chi connectivity index (χ2n) is 5.24. The summed E-state index contributed by atoms with van der Waals surface area (Å²) >= 11 is 1.48. The van der Waals surface area contributed by atoms with Crippen LogP contribution < -0.4 is 5.32 Å². The molecule has 3 rings (SSSR count). The molecule has 5 nitrogen and oxygen atoms in total. The Morgan fingerprint density at radius 3 is 2.82 bits per heavy atom. The molecule has 0 radical (unpaired) electrons. The van der Waals surface area contributed by atoms with Gasteiger partial charge >= 0.3 is 0 Å². The maximum absolute atomic E-state index is 12.0. The highest BCUT2D eigenvalue weighted by atomic mass is 32.1. The van der Waals surface area contributed by atoms with Crippen LogP contribution in [-0.2, 0) is 22.5 Å². The van der Waals surface area contributed by atoms with Crippen LogP contribution in [0.4, 0.5) is 5.13 Å². The normalized spacial score (nSPS) is 15.6. The number of morpholine rings is 1. The lowest BCUT2D eigenvalue weighted by atomic mass is 10.1. The number of carbonyl (C=O) groups excluding carboxylic acids is 1. The van der Waals surface area contributed by atoms with Crippen LogP contribution in [0.5, 0.6) is 0 Å². The molecule has 2 heterocycles. The summed E-state index contributed by atoms with van der Waals surface area (Å²) in [5.41, 5.74) is 2.01. The van der Waals surface area contributed by atoms with E-state index in [-0.39, 0.29) is 5.91 Å². The molecule has 2 aromatic rings. The molecule has 6 heteroatoms. The summed E-state index contributed by atoms with van der Waals surface area (Å²) in [6.07, 6.45) is 0.374. The maximum atomic E-state index is 12.0. The number of rotatable bonds is 5. The largest absolute Gasteiger partial charge is 0.379 e. The molecule has 0 atom stereocenters. The first kappa shape index (κ1) is 15.1. The number of ether oxygens (including phenoxy) is 1. The van der Waals surface area contributed by atoms with Gasteiger partial charge in [0, 0.05) is 25.0 Å². The number of amides is 1. The fourth-order valence-electron chi connectivity index (χ4n) is 2.37. The molecule has 1 aromatic heterocycles. The molecule has 1 aromatic carbocycles.